The van der Waals surface area contributed by atoms with Crippen LogP contribution in [0, 0.1) is 13.8 Å². The summed E-state index contributed by atoms with van der Waals surface area (Å²) < 4.78 is 11.1. The molecular weight excluding hydrogens is 440 g/mol. The number of amides is 1. The van der Waals surface area contributed by atoms with Gasteiger partial charge >= 0.3 is 5.97 Å². The van der Waals surface area contributed by atoms with Gasteiger partial charge in [-0.3, -0.25) is 14.5 Å². The molecule has 5 rings (SSSR count). The van der Waals surface area contributed by atoms with Crippen molar-refractivity contribution in [2.75, 3.05) is 11.5 Å². The lowest BCUT2D eigenvalue weighted by Gasteiger charge is -2.22. The van der Waals surface area contributed by atoms with Crippen LogP contribution in [0.3, 0.4) is 0 Å². The van der Waals surface area contributed by atoms with Gasteiger partial charge in [0.25, 0.3) is 5.91 Å². The van der Waals surface area contributed by atoms with Gasteiger partial charge < -0.3 is 9.15 Å². The summed E-state index contributed by atoms with van der Waals surface area (Å²) in [6.45, 7) is 5.62. The normalized spacial score (nSPS) is 15.2. The number of anilines is 1. The van der Waals surface area contributed by atoms with Crippen molar-refractivity contribution >= 4 is 39.3 Å². The van der Waals surface area contributed by atoms with Gasteiger partial charge in [0.2, 0.25) is 5.76 Å². The number of aromatic nitrogens is 1. The van der Waals surface area contributed by atoms with Crippen LogP contribution in [0.1, 0.15) is 55.6 Å². The topological polar surface area (TPSA) is 89.7 Å². The Labute approximate surface area is 193 Å². The zero-order valence-corrected chi connectivity index (χ0v) is 19.1. The van der Waals surface area contributed by atoms with Crippen LogP contribution in [-0.2, 0) is 4.74 Å². The molecule has 2 aromatic heterocycles. The first kappa shape index (κ1) is 21.1. The lowest BCUT2D eigenvalue weighted by atomic mass is 9.98. The van der Waals surface area contributed by atoms with E-state index in [1.54, 1.807) is 38.1 Å². The number of rotatable bonds is 4. The molecule has 4 aromatic rings. The largest absolute Gasteiger partial charge is 0.462 e. The second kappa shape index (κ2) is 7.97. The van der Waals surface area contributed by atoms with Crippen LogP contribution in [0.15, 0.2) is 57.7 Å². The van der Waals surface area contributed by atoms with Crippen LogP contribution in [0.25, 0.3) is 11.0 Å². The number of fused-ring (bicyclic) bond motifs is 2. The van der Waals surface area contributed by atoms with Crippen molar-refractivity contribution < 1.29 is 18.7 Å². The van der Waals surface area contributed by atoms with Gasteiger partial charge in [0.05, 0.1) is 29.3 Å². The van der Waals surface area contributed by atoms with E-state index in [2.05, 4.69) is 4.98 Å². The van der Waals surface area contributed by atoms with Crippen LogP contribution in [0.4, 0.5) is 5.13 Å². The molecule has 0 N–H and O–H groups in total. The van der Waals surface area contributed by atoms with Crippen molar-refractivity contribution in [3.05, 3.63) is 91.8 Å². The Morgan fingerprint density at radius 3 is 2.58 bits per heavy atom. The molecule has 2 aromatic carbocycles. The summed E-state index contributed by atoms with van der Waals surface area (Å²) in [4.78, 5) is 45.8. The molecule has 3 heterocycles. The summed E-state index contributed by atoms with van der Waals surface area (Å²) in [5, 5.41) is 0.714. The molecule has 1 amide bonds. The molecular formula is C25H20N2O5S. The highest BCUT2D eigenvalue weighted by Crippen LogP contribution is 2.43. The number of hydrogen-bond donors (Lipinski definition) is 0. The van der Waals surface area contributed by atoms with Crippen molar-refractivity contribution in [1.29, 1.82) is 0 Å². The second-order valence-corrected chi connectivity index (χ2v) is 8.77. The Hall–Kier alpha value is -3.78. The average Bonchev–Trinajstić information content (AvgIpc) is 3.32. The summed E-state index contributed by atoms with van der Waals surface area (Å²) >= 11 is 1.07. The molecule has 8 heteroatoms. The summed E-state index contributed by atoms with van der Waals surface area (Å²) in [6, 6.07) is 13.8. The van der Waals surface area contributed by atoms with E-state index < -0.39 is 17.9 Å². The van der Waals surface area contributed by atoms with Gasteiger partial charge in [-0.1, -0.05) is 53.3 Å². The van der Waals surface area contributed by atoms with Crippen LogP contribution < -0.4 is 10.3 Å². The fourth-order valence-electron chi connectivity index (χ4n) is 4.05. The molecule has 0 spiro atoms. The molecule has 166 valence electrons. The van der Waals surface area contributed by atoms with Gasteiger partial charge in [-0.15, -0.1) is 0 Å². The maximum absolute atomic E-state index is 13.6. The number of thiazole rings is 1. The van der Waals surface area contributed by atoms with E-state index in [0.29, 0.717) is 26.7 Å². The predicted molar refractivity (Wildman–Crippen MR) is 125 cm³/mol. The molecule has 0 saturated heterocycles. The smallest absolute Gasteiger partial charge is 0.350 e. The molecule has 1 aliphatic heterocycles. The van der Waals surface area contributed by atoms with Gasteiger partial charge in [0.1, 0.15) is 10.5 Å². The van der Waals surface area contributed by atoms with Crippen molar-refractivity contribution in [2.45, 2.75) is 26.8 Å². The molecule has 33 heavy (non-hydrogen) atoms. The van der Waals surface area contributed by atoms with Gasteiger partial charge in [-0.25, -0.2) is 9.78 Å². The van der Waals surface area contributed by atoms with E-state index in [1.165, 1.54) is 4.90 Å². The van der Waals surface area contributed by atoms with E-state index in [9.17, 15) is 14.4 Å². The third-order valence-electron chi connectivity index (χ3n) is 5.62. The summed E-state index contributed by atoms with van der Waals surface area (Å²) in [7, 11) is 0. The fraction of sp³-hybridized carbons (Fsp3) is 0.200. The van der Waals surface area contributed by atoms with Crippen LogP contribution in [0.2, 0.25) is 0 Å². The van der Waals surface area contributed by atoms with Crippen LogP contribution in [0.5, 0.6) is 0 Å². The Morgan fingerprint density at radius 1 is 1.12 bits per heavy atom. The highest BCUT2D eigenvalue weighted by molar-refractivity contribution is 7.17. The number of nitrogens with zero attached hydrogens (tertiary/aromatic N) is 2. The lowest BCUT2D eigenvalue weighted by Crippen LogP contribution is -2.29. The lowest BCUT2D eigenvalue weighted by molar-refractivity contribution is 0.0531. The Bertz CT molecular complexity index is 1470. The Morgan fingerprint density at radius 2 is 1.85 bits per heavy atom. The number of esters is 1. The van der Waals surface area contributed by atoms with Crippen molar-refractivity contribution in [3.63, 3.8) is 0 Å². The number of aryl methyl sites for hydroxylation is 2. The summed E-state index contributed by atoms with van der Waals surface area (Å²) in [5.41, 5.74) is 2.63. The van der Waals surface area contributed by atoms with E-state index in [1.807, 2.05) is 31.2 Å². The molecule has 0 saturated carbocycles. The molecule has 1 atom stereocenters. The summed E-state index contributed by atoms with van der Waals surface area (Å²) in [5.74, 6) is -0.966. The molecule has 0 radical (unpaired) electrons. The average molecular weight is 461 g/mol. The Balaban J connectivity index is 1.74. The molecule has 0 fully saturated rings. The SMILES string of the molecule is CCOC(=O)c1sc(N2C(=O)c3oc4ccccc4c(=O)c3[C@@H]2c2ccc(C)cc2)nc1C. The van der Waals surface area contributed by atoms with Gasteiger partial charge in [0, 0.05) is 0 Å². The number of benzene rings is 2. The standard InChI is InChI=1S/C25H20N2O5S/c1-4-31-24(30)22-14(3)26-25(33-22)27-19(15-11-9-13(2)10-12-15)18-20(28)16-7-5-6-8-17(16)32-21(18)23(27)29/h5-12,19H,4H2,1-3H3/t19-/m0/s1. The molecule has 0 unspecified atom stereocenters. The van der Waals surface area contributed by atoms with Crippen molar-refractivity contribution in [3.8, 4) is 0 Å². The predicted octanol–water partition coefficient (Wildman–Crippen LogP) is 4.79. The van der Waals surface area contributed by atoms with E-state index in [-0.39, 0.29) is 23.4 Å². The zero-order valence-electron chi connectivity index (χ0n) is 18.2. The number of para-hydroxylation sites is 1. The van der Waals surface area contributed by atoms with Gasteiger partial charge in [-0.05, 0) is 38.5 Å². The minimum absolute atomic E-state index is 0.00480. The first-order chi connectivity index (χ1) is 15.9. The van der Waals surface area contributed by atoms with E-state index in [0.717, 1.165) is 22.5 Å². The zero-order chi connectivity index (χ0) is 23.3. The highest BCUT2D eigenvalue weighted by atomic mass is 32.1. The molecule has 0 aliphatic carbocycles. The summed E-state index contributed by atoms with van der Waals surface area (Å²) in [6.07, 6.45) is 0. The van der Waals surface area contributed by atoms with E-state index >= 15 is 0 Å². The van der Waals surface area contributed by atoms with Crippen molar-refractivity contribution in [2.24, 2.45) is 0 Å². The third-order valence-corrected chi connectivity index (χ3v) is 6.76. The van der Waals surface area contributed by atoms with Crippen molar-refractivity contribution in [1.82, 2.24) is 4.98 Å². The number of hydrogen-bond acceptors (Lipinski definition) is 7. The fourth-order valence-corrected chi connectivity index (χ4v) is 5.04. The quantitative estimate of drug-likeness (QED) is 0.407. The maximum Gasteiger partial charge on any atom is 0.350 e. The number of carbonyl (C=O) groups is 2. The number of ether oxygens (including phenoxy) is 1. The highest BCUT2D eigenvalue weighted by Gasteiger charge is 2.45. The molecule has 1 aliphatic rings. The van der Waals surface area contributed by atoms with Gasteiger partial charge in [0.15, 0.2) is 10.6 Å². The number of carbonyl (C=O) groups excluding carboxylic acids is 2. The van der Waals surface area contributed by atoms with Gasteiger partial charge in [-0.2, -0.15) is 0 Å². The maximum atomic E-state index is 13.6. The molecule has 0 bridgehead atoms. The van der Waals surface area contributed by atoms with E-state index in [4.69, 9.17) is 9.15 Å². The molecule has 7 nitrogen and oxygen atoms in total. The minimum Gasteiger partial charge on any atom is -0.462 e. The van der Waals surface area contributed by atoms with Crippen LogP contribution in [-0.4, -0.2) is 23.5 Å². The van der Waals surface area contributed by atoms with Crippen LogP contribution >= 0.6 is 11.3 Å². The third kappa shape index (κ3) is 3.34. The second-order valence-electron chi connectivity index (χ2n) is 7.79. The first-order valence-electron chi connectivity index (χ1n) is 10.5. The first-order valence-corrected chi connectivity index (χ1v) is 11.3. The Kier molecular flexibility index (Phi) is 5.09. The minimum atomic E-state index is -0.727. The monoisotopic (exact) mass is 460 g/mol.